The number of amides is 2. The molecule has 0 spiro atoms. The van der Waals surface area contributed by atoms with Crippen LogP contribution in [0.2, 0.25) is 5.15 Å². The number of nitrogens with zero attached hydrogens (tertiary/aromatic N) is 2. The number of carbonyl (C=O) groups excluding carboxylic acids is 1. The van der Waals surface area contributed by atoms with Crippen LogP contribution in [0.15, 0.2) is 6.07 Å². The van der Waals surface area contributed by atoms with Crippen LogP contribution in [-0.2, 0) is 0 Å². The lowest BCUT2D eigenvalue weighted by Gasteiger charge is -2.23. The molecule has 1 aromatic rings. The number of nitrogens with one attached hydrogen (secondary N) is 3. The molecule has 112 valence electrons. The molecule has 21 heavy (non-hydrogen) atoms. The summed E-state index contributed by atoms with van der Waals surface area (Å²) < 4.78 is 0. The van der Waals surface area contributed by atoms with E-state index in [1.807, 2.05) is 6.07 Å². The Morgan fingerprint density at radius 1 is 1.43 bits per heavy atom. The molecule has 2 rings (SSSR count). The first-order valence-electron chi connectivity index (χ1n) is 7.00. The number of hydrogen-bond acceptors (Lipinski definition) is 4. The molecule has 3 N–H and O–H groups in total. The molecular weight excluding hydrogens is 290 g/mol. The Bertz CT molecular complexity index is 563. The van der Waals surface area contributed by atoms with Crippen LogP contribution in [-0.4, -0.2) is 17.1 Å². The summed E-state index contributed by atoms with van der Waals surface area (Å²) in [4.78, 5) is 15.8. The first kappa shape index (κ1) is 15.4. The van der Waals surface area contributed by atoms with E-state index in [-0.39, 0.29) is 23.0 Å². The Morgan fingerprint density at radius 2 is 2.14 bits per heavy atom. The number of rotatable bonds is 3. The van der Waals surface area contributed by atoms with Crippen LogP contribution in [0.25, 0.3) is 0 Å². The van der Waals surface area contributed by atoms with E-state index in [1.165, 1.54) is 6.42 Å². The average Bonchev–Trinajstić information content (AvgIpc) is 2.45. The third kappa shape index (κ3) is 4.23. The van der Waals surface area contributed by atoms with Gasteiger partial charge in [-0.3, -0.25) is 10.9 Å². The number of aromatic nitrogens is 1. The molecule has 1 fully saturated rings. The monoisotopic (exact) mass is 307 g/mol. The summed E-state index contributed by atoms with van der Waals surface area (Å²) in [6, 6.07) is 3.53. The Morgan fingerprint density at radius 3 is 2.81 bits per heavy atom. The van der Waals surface area contributed by atoms with E-state index in [0.717, 1.165) is 25.7 Å². The molecular formula is C14H18ClN5O. The van der Waals surface area contributed by atoms with Gasteiger partial charge in [0.2, 0.25) is 0 Å². The SMILES string of the molecule is Cc1cc(Cl)nc(NNC(=O)NC2CCCCC2)c1C#N. The fraction of sp³-hybridized carbons (Fsp3) is 0.500. The maximum Gasteiger partial charge on any atom is 0.333 e. The molecule has 7 heteroatoms. The van der Waals surface area contributed by atoms with E-state index in [0.29, 0.717) is 11.1 Å². The molecule has 0 aromatic carbocycles. The molecule has 0 bridgehead atoms. The van der Waals surface area contributed by atoms with Gasteiger partial charge in [-0.2, -0.15) is 5.26 Å². The molecule has 0 saturated heterocycles. The van der Waals surface area contributed by atoms with Crippen molar-refractivity contribution in [3.63, 3.8) is 0 Å². The summed E-state index contributed by atoms with van der Waals surface area (Å²) in [5.74, 6) is 0.251. The van der Waals surface area contributed by atoms with Crippen LogP contribution in [0.4, 0.5) is 10.6 Å². The fourth-order valence-electron chi connectivity index (χ4n) is 2.45. The van der Waals surface area contributed by atoms with E-state index >= 15 is 0 Å². The van der Waals surface area contributed by atoms with Gasteiger partial charge in [0, 0.05) is 6.04 Å². The highest BCUT2D eigenvalue weighted by atomic mass is 35.5. The maximum absolute atomic E-state index is 11.8. The summed E-state index contributed by atoms with van der Waals surface area (Å²) >= 11 is 5.86. The molecule has 1 aliphatic rings. The minimum atomic E-state index is -0.329. The maximum atomic E-state index is 11.8. The summed E-state index contributed by atoms with van der Waals surface area (Å²) in [7, 11) is 0. The van der Waals surface area contributed by atoms with E-state index in [4.69, 9.17) is 16.9 Å². The zero-order valence-electron chi connectivity index (χ0n) is 11.9. The van der Waals surface area contributed by atoms with Gasteiger partial charge in [0.05, 0.1) is 5.56 Å². The van der Waals surface area contributed by atoms with Crippen molar-refractivity contribution in [3.8, 4) is 6.07 Å². The zero-order chi connectivity index (χ0) is 15.2. The number of halogens is 1. The summed E-state index contributed by atoms with van der Waals surface area (Å²) in [5, 5.41) is 12.3. The molecule has 2 amide bonds. The lowest BCUT2D eigenvalue weighted by atomic mass is 9.96. The highest BCUT2D eigenvalue weighted by Crippen LogP contribution is 2.20. The minimum absolute atomic E-state index is 0.213. The third-order valence-corrected chi connectivity index (χ3v) is 3.73. The van der Waals surface area contributed by atoms with Gasteiger partial charge in [-0.25, -0.2) is 9.78 Å². The summed E-state index contributed by atoms with van der Waals surface area (Å²) in [6.45, 7) is 1.76. The number of urea groups is 1. The smallest absolute Gasteiger partial charge is 0.333 e. The molecule has 6 nitrogen and oxygen atoms in total. The van der Waals surface area contributed by atoms with Gasteiger partial charge >= 0.3 is 6.03 Å². The van der Waals surface area contributed by atoms with Crippen molar-refractivity contribution in [2.75, 3.05) is 5.43 Å². The van der Waals surface area contributed by atoms with Crippen LogP contribution in [0.3, 0.4) is 0 Å². The Kier molecular flexibility index (Phi) is 5.23. The average molecular weight is 308 g/mol. The van der Waals surface area contributed by atoms with Gasteiger partial charge in [-0.15, -0.1) is 0 Å². The van der Waals surface area contributed by atoms with Gasteiger partial charge in [-0.1, -0.05) is 30.9 Å². The first-order valence-corrected chi connectivity index (χ1v) is 7.37. The van der Waals surface area contributed by atoms with Gasteiger partial charge in [-0.05, 0) is 31.4 Å². The lowest BCUT2D eigenvalue weighted by Crippen LogP contribution is -2.45. The zero-order valence-corrected chi connectivity index (χ0v) is 12.6. The summed E-state index contributed by atoms with van der Waals surface area (Å²) in [5.41, 5.74) is 6.22. The predicted octanol–water partition coefficient (Wildman–Crippen LogP) is 2.87. The minimum Gasteiger partial charge on any atom is -0.334 e. The standard InChI is InChI=1S/C14H18ClN5O/c1-9-7-12(15)18-13(11(9)8-16)19-20-14(21)17-10-5-3-2-4-6-10/h7,10H,2-6H2,1H3,(H,18,19)(H2,17,20,21). The fourth-order valence-corrected chi connectivity index (χ4v) is 2.70. The van der Waals surface area contributed by atoms with E-state index in [1.54, 1.807) is 13.0 Å². The van der Waals surface area contributed by atoms with Crippen molar-refractivity contribution in [1.29, 1.82) is 5.26 Å². The lowest BCUT2D eigenvalue weighted by molar-refractivity contribution is 0.234. The van der Waals surface area contributed by atoms with Crippen LogP contribution in [0, 0.1) is 18.3 Å². The largest absolute Gasteiger partial charge is 0.334 e. The number of hydrogen-bond donors (Lipinski definition) is 3. The molecule has 0 radical (unpaired) electrons. The normalized spacial score (nSPS) is 15.1. The number of pyridine rings is 1. The predicted molar refractivity (Wildman–Crippen MR) is 80.9 cm³/mol. The van der Waals surface area contributed by atoms with Gasteiger partial charge in [0.15, 0.2) is 5.82 Å². The van der Waals surface area contributed by atoms with Crippen molar-refractivity contribution < 1.29 is 4.79 Å². The second-order valence-corrected chi connectivity index (χ2v) is 5.54. The number of anilines is 1. The molecule has 1 saturated carbocycles. The molecule has 1 aliphatic carbocycles. The van der Waals surface area contributed by atoms with E-state index in [9.17, 15) is 4.79 Å². The number of hydrazine groups is 1. The van der Waals surface area contributed by atoms with Crippen molar-refractivity contribution in [2.45, 2.75) is 45.1 Å². The van der Waals surface area contributed by atoms with E-state index < -0.39 is 0 Å². The summed E-state index contributed by atoms with van der Waals surface area (Å²) in [6.07, 6.45) is 5.53. The highest BCUT2D eigenvalue weighted by Gasteiger charge is 2.16. The van der Waals surface area contributed by atoms with Crippen molar-refractivity contribution in [2.24, 2.45) is 0 Å². The second-order valence-electron chi connectivity index (χ2n) is 5.16. The molecule has 0 aliphatic heterocycles. The topological polar surface area (TPSA) is 89.8 Å². The second kappa shape index (κ2) is 7.14. The van der Waals surface area contributed by atoms with Crippen LogP contribution >= 0.6 is 11.6 Å². The third-order valence-electron chi connectivity index (χ3n) is 3.53. The molecule has 1 aromatic heterocycles. The quantitative estimate of drug-likeness (QED) is 0.591. The Hall–Kier alpha value is -2.00. The molecule has 0 atom stereocenters. The van der Waals surface area contributed by atoms with Gasteiger partial charge < -0.3 is 5.32 Å². The molecule has 0 unspecified atom stereocenters. The Labute approximate surface area is 128 Å². The number of aryl methyl sites for hydroxylation is 1. The molecule has 1 heterocycles. The highest BCUT2D eigenvalue weighted by molar-refractivity contribution is 6.29. The number of nitriles is 1. The van der Waals surface area contributed by atoms with Crippen molar-refractivity contribution in [3.05, 3.63) is 22.3 Å². The van der Waals surface area contributed by atoms with Gasteiger partial charge in [0.1, 0.15) is 11.2 Å². The van der Waals surface area contributed by atoms with Gasteiger partial charge in [0.25, 0.3) is 0 Å². The Balaban J connectivity index is 1.93. The van der Waals surface area contributed by atoms with E-state index in [2.05, 4.69) is 21.2 Å². The van der Waals surface area contributed by atoms with Crippen LogP contribution in [0.5, 0.6) is 0 Å². The van der Waals surface area contributed by atoms with Crippen molar-refractivity contribution >= 4 is 23.4 Å². The van der Waals surface area contributed by atoms with Crippen LogP contribution in [0.1, 0.15) is 43.2 Å². The van der Waals surface area contributed by atoms with Crippen molar-refractivity contribution in [1.82, 2.24) is 15.7 Å². The first-order chi connectivity index (χ1) is 10.1. The number of carbonyl (C=O) groups is 1. The van der Waals surface area contributed by atoms with Crippen LogP contribution < -0.4 is 16.2 Å².